The van der Waals surface area contributed by atoms with Crippen LogP contribution in [-0.2, 0) is 21.2 Å². The molecule has 0 bridgehead atoms. The molecule has 0 aliphatic heterocycles. The Balaban J connectivity index is 1.66. The maximum absolute atomic E-state index is 14.0. The van der Waals surface area contributed by atoms with Gasteiger partial charge in [0, 0.05) is 11.8 Å². The topological polar surface area (TPSA) is 135 Å². The Morgan fingerprint density at radius 1 is 1.17 bits per heavy atom. The molecule has 4 aromatic rings. The molecular weight excluding hydrogens is 559 g/mol. The minimum Gasteiger partial charge on any atom is -0.493 e. The monoisotopic (exact) mass is 588 g/mol. The van der Waals surface area contributed by atoms with Gasteiger partial charge in [-0.2, -0.15) is 14.6 Å². The van der Waals surface area contributed by atoms with Gasteiger partial charge in [0.2, 0.25) is 21.7 Å². The summed E-state index contributed by atoms with van der Waals surface area (Å²) in [5, 5.41) is 21.1. The minimum absolute atomic E-state index is 0.0192. The lowest BCUT2D eigenvalue weighted by atomic mass is 9.99. The van der Waals surface area contributed by atoms with Crippen molar-refractivity contribution in [3.8, 4) is 23.1 Å². The van der Waals surface area contributed by atoms with Crippen LogP contribution in [0.25, 0.3) is 11.1 Å². The lowest BCUT2D eigenvalue weighted by molar-refractivity contribution is 0.0568. The van der Waals surface area contributed by atoms with Gasteiger partial charge in [0.1, 0.15) is 12.4 Å². The van der Waals surface area contributed by atoms with Gasteiger partial charge in [-0.1, -0.05) is 24.3 Å². The summed E-state index contributed by atoms with van der Waals surface area (Å²) in [5.41, 5.74) is 1.38. The van der Waals surface area contributed by atoms with Gasteiger partial charge < -0.3 is 9.84 Å². The molecule has 0 saturated heterocycles. The Morgan fingerprint density at radius 3 is 2.52 bits per heavy atom. The zero-order chi connectivity index (χ0) is 30.2. The smallest absolute Gasteiger partial charge is 0.296 e. The van der Waals surface area contributed by atoms with E-state index in [9.17, 15) is 28.0 Å². The summed E-state index contributed by atoms with van der Waals surface area (Å²) < 4.78 is 48.8. The van der Waals surface area contributed by atoms with E-state index in [-0.39, 0.29) is 29.3 Å². The van der Waals surface area contributed by atoms with Crippen LogP contribution >= 0.6 is 0 Å². The van der Waals surface area contributed by atoms with Crippen molar-refractivity contribution in [1.82, 2.24) is 14.5 Å². The molecule has 2 aromatic carbocycles. The number of benzene rings is 2. The third-order valence-electron chi connectivity index (χ3n) is 7.27. The fourth-order valence-electron chi connectivity index (χ4n) is 5.01. The Morgan fingerprint density at radius 2 is 1.88 bits per heavy atom. The molecule has 5 rings (SSSR count). The Bertz CT molecular complexity index is 1860. The Kier molecular flexibility index (Phi) is 7.95. The number of ether oxygens (including phenoxy) is 1. The lowest BCUT2D eigenvalue weighted by Gasteiger charge is -2.26. The standard InChI is InChI=1S/C31H29FN4O5S/c1-18(2)41-17-26-35-30(37)28(31(38)36(26)27(22-7-8-22)23-6-4-5-20(15-23)16-33)42(39,40)24-11-9-21(10-12-24)25-13-14-34-29(32)19(25)3/h4-6,9-15,18,22,27,38H,7-8,17H2,1-3H3/t27-/m0/s1. The number of nitriles is 1. The number of aromatic hydroxyl groups is 1. The molecule has 0 amide bonds. The van der Waals surface area contributed by atoms with Gasteiger partial charge in [0.05, 0.1) is 28.7 Å². The maximum atomic E-state index is 14.0. The molecule has 216 valence electrons. The average Bonchev–Trinajstić information content (AvgIpc) is 3.80. The van der Waals surface area contributed by atoms with E-state index in [1.54, 1.807) is 51.1 Å². The van der Waals surface area contributed by atoms with E-state index >= 15 is 0 Å². The molecule has 1 saturated carbocycles. The van der Waals surface area contributed by atoms with E-state index in [1.165, 1.54) is 35.0 Å². The molecule has 2 heterocycles. The summed E-state index contributed by atoms with van der Waals surface area (Å²) in [7, 11) is -4.55. The van der Waals surface area contributed by atoms with Crippen molar-refractivity contribution in [2.45, 2.75) is 62.2 Å². The predicted octanol–water partition coefficient (Wildman–Crippen LogP) is 5.09. The van der Waals surface area contributed by atoms with Crippen molar-refractivity contribution in [1.29, 1.82) is 5.26 Å². The molecule has 0 unspecified atom stereocenters. The molecule has 11 heteroatoms. The summed E-state index contributed by atoms with van der Waals surface area (Å²) in [5.74, 6) is -1.28. The first-order valence-corrected chi connectivity index (χ1v) is 14.9. The van der Waals surface area contributed by atoms with Crippen molar-refractivity contribution in [3.63, 3.8) is 0 Å². The minimum atomic E-state index is -4.55. The fourth-order valence-corrected chi connectivity index (χ4v) is 6.35. The molecule has 0 spiro atoms. The predicted molar refractivity (Wildman–Crippen MR) is 152 cm³/mol. The van der Waals surface area contributed by atoms with Crippen LogP contribution in [0.15, 0.2) is 75.4 Å². The molecular formula is C31H29FN4O5S. The lowest BCUT2D eigenvalue weighted by Crippen LogP contribution is -2.29. The summed E-state index contributed by atoms with van der Waals surface area (Å²) in [4.78, 5) is 19.9. The number of sulfone groups is 1. The number of nitrogens with zero attached hydrogens (tertiary/aromatic N) is 4. The number of hydrogen-bond acceptors (Lipinski definition) is 8. The highest BCUT2D eigenvalue weighted by atomic mass is 32.2. The van der Waals surface area contributed by atoms with Crippen LogP contribution in [0.1, 0.15) is 55.2 Å². The molecule has 1 atom stereocenters. The highest BCUT2D eigenvalue weighted by molar-refractivity contribution is 7.91. The van der Waals surface area contributed by atoms with Gasteiger partial charge in [-0.25, -0.2) is 13.4 Å². The first kappa shape index (κ1) is 29.1. The van der Waals surface area contributed by atoms with Crippen LogP contribution in [0.4, 0.5) is 4.39 Å². The summed E-state index contributed by atoms with van der Waals surface area (Å²) in [6, 6.07) is 15.6. The molecule has 1 aliphatic rings. The third kappa shape index (κ3) is 5.55. The zero-order valence-corrected chi connectivity index (χ0v) is 24.1. The molecule has 9 nitrogen and oxygen atoms in total. The normalized spacial score (nSPS) is 14.1. The molecule has 0 radical (unpaired) electrons. The van der Waals surface area contributed by atoms with Crippen molar-refractivity contribution < 1.29 is 22.7 Å². The van der Waals surface area contributed by atoms with E-state index in [1.807, 2.05) is 0 Å². The number of rotatable bonds is 9. The van der Waals surface area contributed by atoms with Gasteiger partial charge >= 0.3 is 0 Å². The number of aromatic nitrogens is 3. The summed E-state index contributed by atoms with van der Waals surface area (Å²) in [6.45, 7) is 5.04. The Labute approximate surface area is 242 Å². The first-order chi connectivity index (χ1) is 20.0. The van der Waals surface area contributed by atoms with Crippen molar-refractivity contribution >= 4 is 9.84 Å². The molecule has 42 heavy (non-hydrogen) atoms. The average molecular weight is 589 g/mol. The van der Waals surface area contributed by atoms with Crippen LogP contribution in [0, 0.1) is 30.1 Å². The maximum Gasteiger partial charge on any atom is 0.296 e. The second-order valence-electron chi connectivity index (χ2n) is 10.5. The number of hydrogen-bond donors (Lipinski definition) is 1. The van der Waals surface area contributed by atoms with E-state index in [0.717, 1.165) is 12.8 Å². The Hall–Kier alpha value is -4.40. The second kappa shape index (κ2) is 11.5. The summed E-state index contributed by atoms with van der Waals surface area (Å²) >= 11 is 0. The van der Waals surface area contributed by atoms with Gasteiger partial charge in [0.25, 0.3) is 5.56 Å². The van der Waals surface area contributed by atoms with E-state index in [0.29, 0.717) is 27.8 Å². The highest BCUT2D eigenvalue weighted by Gasteiger charge is 2.39. The van der Waals surface area contributed by atoms with Gasteiger partial charge in [0.15, 0.2) is 4.90 Å². The highest BCUT2D eigenvalue weighted by Crippen LogP contribution is 2.46. The van der Waals surface area contributed by atoms with Gasteiger partial charge in [-0.15, -0.1) is 0 Å². The fraction of sp³-hybridized carbons (Fsp3) is 0.290. The van der Waals surface area contributed by atoms with Gasteiger partial charge in [-0.05, 0) is 86.6 Å². The SMILES string of the molecule is Cc1c(-c2ccc(S(=O)(=O)c3c(O)n([C@H](c4cccc(C#N)c4)C4CC4)c(COC(C)C)nc3=O)cc2)ccnc1F. The van der Waals surface area contributed by atoms with Crippen molar-refractivity contribution in [3.05, 3.63) is 99.6 Å². The first-order valence-electron chi connectivity index (χ1n) is 13.5. The van der Waals surface area contributed by atoms with Crippen LogP contribution < -0.4 is 5.56 Å². The van der Waals surface area contributed by atoms with Crippen LogP contribution in [-0.4, -0.2) is 34.2 Å². The quantitative estimate of drug-likeness (QED) is 0.267. The van der Waals surface area contributed by atoms with E-state index in [2.05, 4.69) is 16.0 Å². The largest absolute Gasteiger partial charge is 0.493 e. The molecule has 1 fully saturated rings. The van der Waals surface area contributed by atoms with E-state index in [4.69, 9.17) is 4.74 Å². The summed E-state index contributed by atoms with van der Waals surface area (Å²) in [6.07, 6.45) is 2.70. The van der Waals surface area contributed by atoms with Crippen molar-refractivity contribution in [2.24, 2.45) is 5.92 Å². The van der Waals surface area contributed by atoms with Crippen LogP contribution in [0.2, 0.25) is 0 Å². The molecule has 1 N–H and O–H groups in total. The molecule has 1 aliphatic carbocycles. The second-order valence-corrected chi connectivity index (χ2v) is 12.4. The van der Waals surface area contributed by atoms with Crippen LogP contribution in [0.3, 0.4) is 0 Å². The zero-order valence-electron chi connectivity index (χ0n) is 23.3. The van der Waals surface area contributed by atoms with Crippen molar-refractivity contribution in [2.75, 3.05) is 0 Å². The van der Waals surface area contributed by atoms with Crippen LogP contribution in [0.5, 0.6) is 5.88 Å². The molecule has 2 aromatic heterocycles. The third-order valence-corrected chi connectivity index (χ3v) is 9.06. The number of halogens is 1. The van der Waals surface area contributed by atoms with Gasteiger partial charge in [-0.3, -0.25) is 9.36 Å². The van der Waals surface area contributed by atoms with E-state index < -0.39 is 38.2 Å². The number of pyridine rings is 1.